The van der Waals surface area contributed by atoms with Gasteiger partial charge in [0.1, 0.15) is 0 Å². The van der Waals surface area contributed by atoms with Crippen LogP contribution < -0.4 is 0 Å². The minimum Gasteiger partial charge on any atom is -0.0654 e. The Balaban J connectivity index is 1.46. The molecule has 0 spiro atoms. The van der Waals surface area contributed by atoms with Crippen molar-refractivity contribution in [2.45, 2.75) is 110 Å². The van der Waals surface area contributed by atoms with Crippen LogP contribution in [-0.2, 0) is 19.3 Å². The van der Waals surface area contributed by atoms with Gasteiger partial charge in [0.15, 0.2) is 0 Å². The first kappa shape index (κ1) is 24.6. The quantitative estimate of drug-likeness (QED) is 0.264. The van der Waals surface area contributed by atoms with E-state index in [4.69, 9.17) is 0 Å². The van der Waals surface area contributed by atoms with Crippen LogP contribution in [0.1, 0.15) is 113 Å². The Kier molecular flexibility index (Phi) is 10.7. The lowest BCUT2D eigenvalue weighted by atomic mass is 9.77. The summed E-state index contributed by atoms with van der Waals surface area (Å²) in [6, 6.07) is 16.5. The highest BCUT2D eigenvalue weighted by molar-refractivity contribution is 9.10. The Morgan fingerprint density at radius 1 is 0.677 bits per heavy atom. The van der Waals surface area contributed by atoms with Crippen molar-refractivity contribution in [2.75, 3.05) is 0 Å². The molecule has 0 atom stereocenters. The van der Waals surface area contributed by atoms with Gasteiger partial charge < -0.3 is 0 Å². The Bertz CT molecular complexity index is 752. The topological polar surface area (TPSA) is 0 Å². The van der Waals surface area contributed by atoms with Crippen LogP contribution >= 0.6 is 15.9 Å². The van der Waals surface area contributed by atoms with Gasteiger partial charge in [0.25, 0.3) is 0 Å². The summed E-state index contributed by atoms with van der Waals surface area (Å²) in [5.74, 6) is 1.74. The van der Waals surface area contributed by atoms with Crippen LogP contribution in [0.4, 0.5) is 0 Å². The second-order valence-electron chi connectivity index (χ2n) is 9.84. The van der Waals surface area contributed by atoms with Crippen molar-refractivity contribution >= 4 is 15.9 Å². The van der Waals surface area contributed by atoms with Gasteiger partial charge in [-0.2, -0.15) is 0 Å². The summed E-state index contributed by atoms with van der Waals surface area (Å²) >= 11 is 3.91. The summed E-state index contributed by atoms with van der Waals surface area (Å²) in [6.45, 7) is 4.58. The molecule has 170 valence electrons. The summed E-state index contributed by atoms with van der Waals surface area (Å²) in [7, 11) is 0. The summed E-state index contributed by atoms with van der Waals surface area (Å²) in [5, 5.41) is 0. The Morgan fingerprint density at radius 3 is 1.90 bits per heavy atom. The number of rotatable bonds is 12. The lowest BCUT2D eigenvalue weighted by molar-refractivity contribution is 0.302. The number of hydrogen-bond acceptors (Lipinski definition) is 0. The van der Waals surface area contributed by atoms with Gasteiger partial charge in [-0.3, -0.25) is 0 Å². The molecule has 0 aromatic heterocycles. The number of aryl methyl sites for hydroxylation is 3. The molecule has 1 aliphatic carbocycles. The van der Waals surface area contributed by atoms with E-state index in [1.54, 1.807) is 5.56 Å². The van der Waals surface area contributed by atoms with Gasteiger partial charge in [0, 0.05) is 4.47 Å². The second-order valence-corrected chi connectivity index (χ2v) is 10.7. The van der Waals surface area contributed by atoms with Crippen LogP contribution in [0.25, 0.3) is 0 Å². The zero-order valence-corrected chi connectivity index (χ0v) is 21.6. The molecule has 0 heterocycles. The van der Waals surface area contributed by atoms with Gasteiger partial charge in [-0.1, -0.05) is 105 Å². The maximum absolute atomic E-state index is 3.91. The highest BCUT2D eigenvalue weighted by Gasteiger charge is 2.23. The van der Waals surface area contributed by atoms with Crippen LogP contribution in [0, 0.1) is 5.92 Å². The predicted octanol–water partition coefficient (Wildman–Crippen LogP) is 9.82. The summed E-state index contributed by atoms with van der Waals surface area (Å²) in [6.07, 6.45) is 18.7. The number of unbranched alkanes of at least 4 members (excludes halogenated alkanes) is 4. The molecule has 0 nitrogen and oxygen atoms in total. The summed E-state index contributed by atoms with van der Waals surface area (Å²) in [5.41, 5.74) is 5.95. The van der Waals surface area contributed by atoms with Gasteiger partial charge in [-0.15, -0.1) is 0 Å². The fourth-order valence-electron chi connectivity index (χ4n) is 5.24. The molecule has 0 amide bonds. The standard InChI is InChI=1S/C30H43Br/c1-3-5-7-9-24-11-13-26(14-12-24)15-16-27-19-22-29(30(31)23-27)28-20-17-25(18-21-28)10-8-6-4-2/h11-14,19,22-23,25,28H,3-10,15-18,20-21H2,1-2H3. The fourth-order valence-corrected chi connectivity index (χ4v) is 5.99. The normalized spacial score (nSPS) is 18.9. The maximum Gasteiger partial charge on any atom is 0.0212 e. The van der Waals surface area contributed by atoms with E-state index in [9.17, 15) is 0 Å². The van der Waals surface area contributed by atoms with E-state index in [1.807, 2.05) is 0 Å². The van der Waals surface area contributed by atoms with Crippen LogP contribution in [0.3, 0.4) is 0 Å². The first-order chi connectivity index (χ1) is 15.2. The first-order valence-electron chi connectivity index (χ1n) is 13.1. The molecule has 0 radical (unpaired) electrons. The molecule has 0 saturated heterocycles. The highest BCUT2D eigenvalue weighted by atomic mass is 79.9. The molecule has 1 saturated carbocycles. The van der Waals surface area contributed by atoms with Crippen LogP contribution in [0.5, 0.6) is 0 Å². The molecular weight excluding hydrogens is 440 g/mol. The number of halogens is 1. The molecular formula is C30H43Br. The third-order valence-corrected chi connectivity index (χ3v) is 8.05. The van der Waals surface area contributed by atoms with Crippen molar-refractivity contribution in [3.05, 3.63) is 69.2 Å². The van der Waals surface area contributed by atoms with Crippen molar-refractivity contribution in [3.63, 3.8) is 0 Å². The lowest BCUT2D eigenvalue weighted by Crippen LogP contribution is -2.14. The van der Waals surface area contributed by atoms with E-state index in [0.29, 0.717) is 0 Å². The smallest absolute Gasteiger partial charge is 0.0212 e. The molecule has 2 aromatic rings. The van der Waals surface area contributed by atoms with E-state index in [0.717, 1.165) is 24.7 Å². The Morgan fingerprint density at radius 2 is 1.26 bits per heavy atom. The van der Waals surface area contributed by atoms with E-state index in [1.165, 1.54) is 98.2 Å². The number of benzene rings is 2. The third-order valence-electron chi connectivity index (χ3n) is 7.36. The predicted molar refractivity (Wildman–Crippen MR) is 140 cm³/mol. The Labute approximate surface area is 200 Å². The minimum absolute atomic E-state index is 0.756. The Hall–Kier alpha value is -1.08. The number of hydrogen-bond donors (Lipinski definition) is 0. The van der Waals surface area contributed by atoms with Crippen LogP contribution in [0.2, 0.25) is 0 Å². The van der Waals surface area contributed by atoms with Crippen molar-refractivity contribution in [1.29, 1.82) is 0 Å². The lowest BCUT2D eigenvalue weighted by Gasteiger charge is -2.29. The molecule has 0 bridgehead atoms. The van der Waals surface area contributed by atoms with Crippen LogP contribution in [0.15, 0.2) is 46.9 Å². The van der Waals surface area contributed by atoms with Gasteiger partial charge in [0.2, 0.25) is 0 Å². The average Bonchev–Trinajstić information content (AvgIpc) is 2.80. The molecule has 1 aliphatic rings. The van der Waals surface area contributed by atoms with E-state index >= 15 is 0 Å². The summed E-state index contributed by atoms with van der Waals surface area (Å²) in [4.78, 5) is 0. The molecule has 3 rings (SSSR count). The van der Waals surface area contributed by atoms with Crippen LogP contribution in [-0.4, -0.2) is 0 Å². The van der Waals surface area contributed by atoms with Crippen molar-refractivity contribution in [2.24, 2.45) is 5.92 Å². The molecule has 0 aliphatic heterocycles. The molecule has 1 heteroatoms. The zero-order chi connectivity index (χ0) is 21.9. The zero-order valence-electron chi connectivity index (χ0n) is 20.0. The minimum atomic E-state index is 0.756. The van der Waals surface area contributed by atoms with Crippen molar-refractivity contribution in [3.8, 4) is 0 Å². The second kappa shape index (κ2) is 13.5. The van der Waals surface area contributed by atoms with Crippen molar-refractivity contribution in [1.82, 2.24) is 0 Å². The summed E-state index contributed by atoms with van der Waals surface area (Å²) < 4.78 is 1.34. The molecule has 2 aromatic carbocycles. The van der Waals surface area contributed by atoms with Gasteiger partial charge >= 0.3 is 0 Å². The van der Waals surface area contributed by atoms with E-state index in [-0.39, 0.29) is 0 Å². The van der Waals surface area contributed by atoms with E-state index < -0.39 is 0 Å². The third kappa shape index (κ3) is 8.08. The monoisotopic (exact) mass is 482 g/mol. The first-order valence-corrected chi connectivity index (χ1v) is 13.8. The van der Waals surface area contributed by atoms with Crippen molar-refractivity contribution < 1.29 is 0 Å². The fraction of sp³-hybridized carbons (Fsp3) is 0.600. The molecule has 1 fully saturated rings. The van der Waals surface area contributed by atoms with Gasteiger partial charge in [-0.25, -0.2) is 0 Å². The molecule has 0 unspecified atom stereocenters. The largest absolute Gasteiger partial charge is 0.0654 e. The molecule has 31 heavy (non-hydrogen) atoms. The van der Waals surface area contributed by atoms with Gasteiger partial charge in [0.05, 0.1) is 0 Å². The highest BCUT2D eigenvalue weighted by Crippen LogP contribution is 2.40. The van der Waals surface area contributed by atoms with E-state index in [2.05, 4.69) is 72.2 Å². The maximum atomic E-state index is 3.91. The van der Waals surface area contributed by atoms with Gasteiger partial charge in [-0.05, 0) is 91.5 Å². The average molecular weight is 484 g/mol. The SMILES string of the molecule is CCCCCc1ccc(CCc2ccc(C3CCC(CCCCC)CC3)c(Br)c2)cc1. The molecule has 0 N–H and O–H groups in total.